The van der Waals surface area contributed by atoms with Crippen molar-refractivity contribution in [1.82, 2.24) is 15.8 Å². The smallest absolute Gasteiger partial charge is 0.329 e. The number of fused-ring (bicyclic) bond motifs is 1. The molecule has 0 fully saturated rings. The van der Waals surface area contributed by atoms with Gasteiger partial charge in [-0.2, -0.15) is 0 Å². The number of nitrogens with one attached hydrogen (secondary N) is 2. The SMILES string of the molecule is CC(C)CC(C(=O)OCC(=O)NNC(=O)c1cccs1)N1C(=O)c2ccccc2C1=O. The number of hydrazine groups is 1. The Morgan fingerprint density at radius 2 is 1.65 bits per heavy atom. The van der Waals surface area contributed by atoms with Gasteiger partial charge in [0.1, 0.15) is 6.04 Å². The predicted octanol–water partition coefficient (Wildman–Crippen LogP) is 1.76. The van der Waals surface area contributed by atoms with E-state index in [2.05, 4.69) is 10.9 Å². The Balaban J connectivity index is 1.62. The van der Waals surface area contributed by atoms with Crippen molar-refractivity contribution in [1.29, 1.82) is 0 Å². The molecule has 0 aliphatic carbocycles. The second-order valence-corrected chi connectivity index (χ2v) is 8.21. The molecule has 0 spiro atoms. The second-order valence-electron chi connectivity index (χ2n) is 7.26. The highest BCUT2D eigenvalue weighted by Gasteiger charge is 2.43. The van der Waals surface area contributed by atoms with Crippen LogP contribution in [0.5, 0.6) is 0 Å². The van der Waals surface area contributed by atoms with Crippen molar-refractivity contribution in [2.45, 2.75) is 26.3 Å². The van der Waals surface area contributed by atoms with E-state index in [0.29, 0.717) is 4.88 Å². The maximum absolute atomic E-state index is 12.7. The number of carbonyl (C=O) groups is 5. The molecule has 1 aromatic heterocycles. The van der Waals surface area contributed by atoms with Crippen molar-refractivity contribution in [2.75, 3.05) is 6.61 Å². The lowest BCUT2D eigenvalue weighted by molar-refractivity contribution is -0.153. The summed E-state index contributed by atoms with van der Waals surface area (Å²) in [6, 6.07) is 8.44. The first-order valence-corrected chi connectivity index (χ1v) is 10.4. The first-order valence-electron chi connectivity index (χ1n) is 9.55. The monoisotopic (exact) mass is 443 g/mol. The van der Waals surface area contributed by atoms with Crippen LogP contribution in [0, 0.1) is 5.92 Å². The first kappa shape index (κ1) is 22.2. The molecule has 1 atom stereocenters. The van der Waals surface area contributed by atoms with Gasteiger partial charge in [0.15, 0.2) is 6.61 Å². The van der Waals surface area contributed by atoms with Crippen molar-refractivity contribution in [2.24, 2.45) is 5.92 Å². The van der Waals surface area contributed by atoms with Crippen LogP contribution in [-0.4, -0.2) is 47.1 Å². The highest BCUT2D eigenvalue weighted by atomic mass is 32.1. The molecule has 0 bridgehead atoms. The summed E-state index contributed by atoms with van der Waals surface area (Å²) in [7, 11) is 0. The van der Waals surface area contributed by atoms with Crippen molar-refractivity contribution in [3.63, 3.8) is 0 Å². The first-order chi connectivity index (χ1) is 14.8. The molecule has 2 aromatic rings. The van der Waals surface area contributed by atoms with Crippen LogP contribution >= 0.6 is 11.3 Å². The van der Waals surface area contributed by atoms with Gasteiger partial charge >= 0.3 is 5.97 Å². The number of hydrogen-bond acceptors (Lipinski definition) is 7. The summed E-state index contributed by atoms with van der Waals surface area (Å²) >= 11 is 1.20. The Morgan fingerprint density at radius 3 is 2.19 bits per heavy atom. The molecule has 0 saturated heterocycles. The molecule has 0 radical (unpaired) electrons. The van der Waals surface area contributed by atoms with Crippen LogP contribution in [0.2, 0.25) is 0 Å². The molecule has 31 heavy (non-hydrogen) atoms. The van der Waals surface area contributed by atoms with Gasteiger partial charge in [0.05, 0.1) is 16.0 Å². The number of esters is 1. The summed E-state index contributed by atoms with van der Waals surface area (Å²) in [5.74, 6) is -3.31. The summed E-state index contributed by atoms with van der Waals surface area (Å²) in [4.78, 5) is 63.2. The van der Waals surface area contributed by atoms with Gasteiger partial charge in [0.25, 0.3) is 23.6 Å². The molecule has 2 N–H and O–H groups in total. The minimum atomic E-state index is -1.17. The van der Waals surface area contributed by atoms with Gasteiger partial charge in [-0.25, -0.2) is 4.79 Å². The molecule has 1 unspecified atom stereocenters. The van der Waals surface area contributed by atoms with E-state index in [1.165, 1.54) is 23.5 Å². The Labute approximate surface area is 182 Å². The normalized spacial score (nSPS) is 13.7. The fraction of sp³-hybridized carbons (Fsp3) is 0.286. The zero-order valence-corrected chi connectivity index (χ0v) is 17.7. The van der Waals surface area contributed by atoms with E-state index in [-0.39, 0.29) is 23.5 Å². The predicted molar refractivity (Wildman–Crippen MR) is 111 cm³/mol. The molecular formula is C21H21N3O6S. The number of thiophene rings is 1. The third kappa shape index (κ3) is 4.97. The zero-order chi connectivity index (χ0) is 22.5. The fourth-order valence-corrected chi connectivity index (χ4v) is 3.73. The van der Waals surface area contributed by atoms with Crippen LogP contribution in [0.25, 0.3) is 0 Å². The van der Waals surface area contributed by atoms with E-state index < -0.39 is 42.2 Å². The van der Waals surface area contributed by atoms with Gasteiger partial charge in [0.2, 0.25) is 0 Å². The summed E-state index contributed by atoms with van der Waals surface area (Å²) in [5, 5.41) is 1.71. The number of nitrogens with zero attached hydrogens (tertiary/aromatic N) is 1. The zero-order valence-electron chi connectivity index (χ0n) is 16.9. The molecule has 162 valence electrons. The summed E-state index contributed by atoms with van der Waals surface area (Å²) in [5.41, 5.74) is 4.81. The number of benzene rings is 1. The lowest BCUT2D eigenvalue weighted by Gasteiger charge is -2.25. The molecule has 10 heteroatoms. The number of hydrogen-bond donors (Lipinski definition) is 2. The second kappa shape index (κ2) is 9.52. The molecule has 4 amide bonds. The van der Waals surface area contributed by atoms with E-state index in [0.717, 1.165) is 4.90 Å². The van der Waals surface area contributed by atoms with E-state index in [9.17, 15) is 24.0 Å². The van der Waals surface area contributed by atoms with Gasteiger partial charge in [-0.15, -0.1) is 11.3 Å². The number of carbonyl (C=O) groups excluding carboxylic acids is 5. The Kier molecular flexibility index (Phi) is 6.81. The minimum Gasteiger partial charge on any atom is -0.454 e. The molecule has 3 rings (SSSR count). The number of imide groups is 1. The maximum Gasteiger partial charge on any atom is 0.329 e. The van der Waals surface area contributed by atoms with Crippen LogP contribution in [0.3, 0.4) is 0 Å². The largest absolute Gasteiger partial charge is 0.454 e. The van der Waals surface area contributed by atoms with Gasteiger partial charge in [0, 0.05) is 0 Å². The summed E-state index contributed by atoms with van der Waals surface area (Å²) in [6.07, 6.45) is 0.182. The highest BCUT2D eigenvalue weighted by molar-refractivity contribution is 7.12. The van der Waals surface area contributed by atoms with Crippen LogP contribution in [-0.2, 0) is 14.3 Å². The van der Waals surface area contributed by atoms with Crippen molar-refractivity contribution < 1.29 is 28.7 Å². The molecule has 1 aromatic carbocycles. The lowest BCUT2D eigenvalue weighted by Crippen LogP contribution is -2.48. The molecule has 9 nitrogen and oxygen atoms in total. The third-order valence-corrected chi connectivity index (χ3v) is 5.38. The van der Waals surface area contributed by atoms with Gasteiger partial charge in [-0.05, 0) is 35.9 Å². The van der Waals surface area contributed by atoms with E-state index >= 15 is 0 Å². The van der Waals surface area contributed by atoms with Crippen molar-refractivity contribution >= 4 is 40.9 Å². The molecular weight excluding hydrogens is 422 g/mol. The van der Waals surface area contributed by atoms with Crippen LogP contribution in [0.4, 0.5) is 0 Å². The van der Waals surface area contributed by atoms with Crippen LogP contribution < -0.4 is 10.9 Å². The summed E-state index contributed by atoms with van der Waals surface area (Å²) < 4.78 is 5.05. The minimum absolute atomic E-state index is 0.0271. The molecule has 2 heterocycles. The van der Waals surface area contributed by atoms with E-state index in [1.807, 2.05) is 13.8 Å². The molecule has 1 aliphatic heterocycles. The quantitative estimate of drug-likeness (QED) is 0.382. The highest BCUT2D eigenvalue weighted by Crippen LogP contribution is 2.27. The summed E-state index contributed by atoms with van der Waals surface area (Å²) in [6.45, 7) is 3.00. The number of amides is 4. The van der Waals surface area contributed by atoms with Gasteiger partial charge in [-0.3, -0.25) is 34.9 Å². The lowest BCUT2D eigenvalue weighted by atomic mass is 10.0. The average Bonchev–Trinajstić information content (AvgIpc) is 3.37. The Hall–Kier alpha value is -3.53. The van der Waals surface area contributed by atoms with Crippen LogP contribution in [0.1, 0.15) is 50.7 Å². The molecule has 0 saturated carbocycles. The van der Waals surface area contributed by atoms with Gasteiger partial charge in [-0.1, -0.05) is 32.0 Å². The van der Waals surface area contributed by atoms with Crippen molar-refractivity contribution in [3.05, 3.63) is 57.8 Å². The molecule has 1 aliphatic rings. The van der Waals surface area contributed by atoms with Crippen LogP contribution in [0.15, 0.2) is 41.8 Å². The van der Waals surface area contributed by atoms with E-state index in [1.54, 1.807) is 29.6 Å². The number of ether oxygens (including phenoxy) is 1. The fourth-order valence-electron chi connectivity index (χ4n) is 3.11. The standard InChI is InChI=1S/C21H21N3O6S/c1-12(2)10-15(24-19(27)13-6-3-4-7-14(13)20(24)28)21(29)30-11-17(25)22-23-18(26)16-8-5-9-31-16/h3-9,12,15H,10-11H2,1-2H3,(H,22,25)(H,23,26). The average molecular weight is 443 g/mol. The number of rotatable bonds is 7. The Morgan fingerprint density at radius 1 is 1.00 bits per heavy atom. The maximum atomic E-state index is 12.7. The van der Waals surface area contributed by atoms with E-state index in [4.69, 9.17) is 4.74 Å². The van der Waals surface area contributed by atoms with Gasteiger partial charge < -0.3 is 4.74 Å². The van der Waals surface area contributed by atoms with Crippen molar-refractivity contribution in [3.8, 4) is 0 Å². The topological polar surface area (TPSA) is 122 Å². The third-order valence-electron chi connectivity index (χ3n) is 4.51. The Bertz CT molecular complexity index is 983.